The number of nitrogens with zero attached hydrogens (tertiary/aromatic N) is 1. The zero-order valence-corrected chi connectivity index (χ0v) is 13.0. The normalized spacial score (nSPS) is 18.1. The molecule has 1 aromatic rings. The highest BCUT2D eigenvalue weighted by atomic mass is 32.2. The Bertz CT molecular complexity index is 577. The Hall–Kier alpha value is -1.75. The van der Waals surface area contributed by atoms with E-state index in [0.717, 1.165) is 35.1 Å². The average Bonchev–Trinajstić information content (AvgIpc) is 2.98. The summed E-state index contributed by atoms with van der Waals surface area (Å²) < 4.78 is 0. The van der Waals surface area contributed by atoms with Crippen LogP contribution in [-0.4, -0.2) is 46.5 Å². The van der Waals surface area contributed by atoms with Gasteiger partial charge < -0.3 is 10.0 Å². The monoisotopic (exact) mass is 305 g/mol. The molecule has 0 radical (unpaired) electrons. The third kappa shape index (κ3) is 3.67. The Balaban J connectivity index is 2.24. The molecule has 1 unspecified atom stereocenters. The zero-order chi connectivity index (χ0) is 15.4. The first-order valence-corrected chi connectivity index (χ1v) is 8.01. The van der Waals surface area contributed by atoms with Crippen molar-refractivity contribution < 1.29 is 14.7 Å². The van der Waals surface area contributed by atoms with Crippen molar-refractivity contribution in [2.24, 2.45) is 0 Å². The molecule has 1 aliphatic heterocycles. The van der Waals surface area contributed by atoms with Crippen LogP contribution in [0.1, 0.15) is 27.9 Å². The van der Waals surface area contributed by atoms with E-state index >= 15 is 0 Å². The highest BCUT2D eigenvalue weighted by Gasteiger charge is 2.25. The SMILES string of the molecule is Cc1c(C=CC(=O)O)cccc1C(=O)N(C)C1CCSC1. The summed E-state index contributed by atoms with van der Waals surface area (Å²) in [5.41, 5.74) is 2.22. The van der Waals surface area contributed by atoms with E-state index in [1.54, 1.807) is 12.1 Å². The largest absolute Gasteiger partial charge is 0.478 e. The predicted octanol–water partition coefficient (Wildman–Crippen LogP) is 2.67. The van der Waals surface area contributed by atoms with Gasteiger partial charge in [0.25, 0.3) is 5.91 Å². The minimum atomic E-state index is -0.994. The molecule has 0 bridgehead atoms. The Morgan fingerprint density at radius 3 is 2.81 bits per heavy atom. The summed E-state index contributed by atoms with van der Waals surface area (Å²) in [5.74, 6) is 1.10. The number of aliphatic carboxylic acids is 1. The molecule has 1 atom stereocenters. The maximum absolute atomic E-state index is 12.6. The highest BCUT2D eigenvalue weighted by molar-refractivity contribution is 7.99. The van der Waals surface area contributed by atoms with E-state index in [-0.39, 0.29) is 5.91 Å². The lowest BCUT2D eigenvalue weighted by molar-refractivity contribution is -0.131. The van der Waals surface area contributed by atoms with Crippen LogP contribution in [0.4, 0.5) is 0 Å². The van der Waals surface area contributed by atoms with Crippen LogP contribution in [0.2, 0.25) is 0 Å². The lowest BCUT2D eigenvalue weighted by atomic mass is 10.0. The van der Waals surface area contributed by atoms with E-state index in [1.165, 1.54) is 6.08 Å². The van der Waals surface area contributed by atoms with Crippen molar-refractivity contribution in [2.45, 2.75) is 19.4 Å². The Morgan fingerprint density at radius 2 is 2.19 bits per heavy atom. The number of hydrogen-bond acceptors (Lipinski definition) is 3. The smallest absolute Gasteiger partial charge is 0.328 e. The first kappa shape index (κ1) is 15.6. The lowest BCUT2D eigenvalue weighted by Gasteiger charge is -2.24. The second kappa shape index (κ2) is 6.80. The molecule has 4 nitrogen and oxygen atoms in total. The van der Waals surface area contributed by atoms with E-state index in [9.17, 15) is 9.59 Å². The van der Waals surface area contributed by atoms with Crippen LogP contribution in [0.25, 0.3) is 6.08 Å². The van der Waals surface area contributed by atoms with Gasteiger partial charge in [-0.15, -0.1) is 0 Å². The number of thioether (sulfide) groups is 1. The Morgan fingerprint density at radius 1 is 1.43 bits per heavy atom. The molecule has 0 aliphatic carbocycles. The molecule has 1 fully saturated rings. The number of amides is 1. The van der Waals surface area contributed by atoms with Crippen LogP contribution in [-0.2, 0) is 4.79 Å². The summed E-state index contributed by atoms with van der Waals surface area (Å²) in [7, 11) is 1.85. The molecule has 112 valence electrons. The number of rotatable bonds is 4. The van der Waals surface area contributed by atoms with Gasteiger partial charge in [-0.1, -0.05) is 12.1 Å². The fourth-order valence-electron chi connectivity index (χ4n) is 2.41. The minimum absolute atomic E-state index is 0.00516. The van der Waals surface area contributed by atoms with E-state index in [4.69, 9.17) is 5.11 Å². The Labute approximate surface area is 128 Å². The van der Waals surface area contributed by atoms with Gasteiger partial charge in [-0.3, -0.25) is 4.79 Å². The molecule has 1 amide bonds. The van der Waals surface area contributed by atoms with Gasteiger partial charge >= 0.3 is 5.97 Å². The summed E-state index contributed by atoms with van der Waals surface area (Å²) in [5, 5.41) is 8.71. The van der Waals surface area contributed by atoms with Crippen molar-refractivity contribution in [2.75, 3.05) is 18.6 Å². The quantitative estimate of drug-likeness (QED) is 0.869. The van der Waals surface area contributed by atoms with E-state index in [1.807, 2.05) is 36.7 Å². The van der Waals surface area contributed by atoms with Gasteiger partial charge in [0, 0.05) is 30.5 Å². The van der Waals surface area contributed by atoms with E-state index < -0.39 is 5.97 Å². The van der Waals surface area contributed by atoms with Gasteiger partial charge in [0.15, 0.2) is 0 Å². The summed E-state index contributed by atoms with van der Waals surface area (Å²) in [6.07, 6.45) is 3.65. The van der Waals surface area contributed by atoms with Gasteiger partial charge in [-0.2, -0.15) is 11.8 Å². The molecule has 21 heavy (non-hydrogen) atoms. The predicted molar refractivity (Wildman–Crippen MR) is 85.7 cm³/mol. The minimum Gasteiger partial charge on any atom is -0.478 e. The number of carboxylic acid groups (broad SMARTS) is 1. The molecular weight excluding hydrogens is 286 g/mol. The first-order chi connectivity index (χ1) is 10.0. The van der Waals surface area contributed by atoms with Crippen molar-refractivity contribution in [1.82, 2.24) is 4.90 Å². The number of hydrogen-bond donors (Lipinski definition) is 1. The summed E-state index contributed by atoms with van der Waals surface area (Å²) in [4.78, 5) is 25.1. The van der Waals surface area contributed by atoms with Gasteiger partial charge in [0.2, 0.25) is 0 Å². The maximum Gasteiger partial charge on any atom is 0.328 e. The van der Waals surface area contributed by atoms with Crippen LogP contribution in [0.5, 0.6) is 0 Å². The fraction of sp³-hybridized carbons (Fsp3) is 0.375. The number of benzene rings is 1. The highest BCUT2D eigenvalue weighted by Crippen LogP contribution is 2.24. The summed E-state index contributed by atoms with van der Waals surface area (Å²) in [6.45, 7) is 1.85. The number of carboxylic acids is 1. The van der Waals surface area contributed by atoms with Gasteiger partial charge in [0.1, 0.15) is 0 Å². The second-order valence-electron chi connectivity index (χ2n) is 5.12. The van der Waals surface area contributed by atoms with E-state index in [0.29, 0.717) is 11.6 Å². The first-order valence-electron chi connectivity index (χ1n) is 6.86. The van der Waals surface area contributed by atoms with Crippen molar-refractivity contribution in [3.05, 3.63) is 41.0 Å². The van der Waals surface area contributed by atoms with Crippen LogP contribution < -0.4 is 0 Å². The molecular formula is C16H19NO3S. The lowest BCUT2D eigenvalue weighted by Crippen LogP contribution is -2.37. The van der Waals surface area contributed by atoms with Crippen LogP contribution in [0.3, 0.4) is 0 Å². The van der Waals surface area contributed by atoms with Gasteiger partial charge in [-0.05, 0) is 42.4 Å². The molecule has 0 spiro atoms. The topological polar surface area (TPSA) is 57.6 Å². The summed E-state index contributed by atoms with van der Waals surface area (Å²) >= 11 is 1.87. The molecule has 5 heteroatoms. The molecule has 1 heterocycles. The van der Waals surface area contributed by atoms with Crippen LogP contribution in [0, 0.1) is 6.92 Å². The van der Waals surface area contributed by atoms with Crippen LogP contribution >= 0.6 is 11.8 Å². The van der Waals surface area contributed by atoms with Crippen molar-refractivity contribution in [3.8, 4) is 0 Å². The second-order valence-corrected chi connectivity index (χ2v) is 6.27. The molecule has 1 N–H and O–H groups in total. The maximum atomic E-state index is 12.6. The van der Waals surface area contributed by atoms with Gasteiger partial charge in [0.05, 0.1) is 0 Å². The van der Waals surface area contributed by atoms with Crippen molar-refractivity contribution >= 4 is 29.7 Å². The zero-order valence-electron chi connectivity index (χ0n) is 12.2. The molecule has 1 aliphatic rings. The Kier molecular flexibility index (Phi) is 5.07. The molecule has 0 saturated carbocycles. The summed E-state index contributed by atoms with van der Waals surface area (Å²) in [6, 6.07) is 5.70. The average molecular weight is 305 g/mol. The molecule has 0 aromatic heterocycles. The standard InChI is InChI=1S/C16H19NO3S/c1-11-12(6-7-15(18)19)4-3-5-14(11)16(20)17(2)13-8-9-21-10-13/h3-7,13H,8-10H2,1-2H3,(H,18,19). The van der Waals surface area contributed by atoms with Crippen LogP contribution in [0.15, 0.2) is 24.3 Å². The number of carbonyl (C=O) groups excluding carboxylic acids is 1. The van der Waals surface area contributed by atoms with Crippen molar-refractivity contribution in [1.29, 1.82) is 0 Å². The fourth-order valence-corrected chi connectivity index (χ4v) is 3.68. The molecule has 1 aromatic carbocycles. The molecule has 2 rings (SSSR count). The van der Waals surface area contributed by atoms with Crippen molar-refractivity contribution in [3.63, 3.8) is 0 Å². The van der Waals surface area contributed by atoms with E-state index in [2.05, 4.69) is 0 Å². The third-order valence-corrected chi connectivity index (χ3v) is 4.93. The van der Waals surface area contributed by atoms with Gasteiger partial charge in [-0.25, -0.2) is 4.79 Å². The molecule has 1 saturated heterocycles. The number of carbonyl (C=O) groups is 2. The third-order valence-electron chi connectivity index (χ3n) is 3.79.